The molecule has 2 saturated heterocycles. The molecule has 2 heterocycles. The van der Waals surface area contributed by atoms with Gasteiger partial charge in [-0.05, 0) is 49.8 Å². The van der Waals surface area contributed by atoms with Crippen molar-refractivity contribution in [2.45, 2.75) is 87.9 Å². The van der Waals surface area contributed by atoms with Crippen molar-refractivity contribution in [3.8, 4) is 0 Å². The second-order valence-corrected chi connectivity index (χ2v) is 9.97. The Morgan fingerprint density at radius 3 is 2.46 bits per heavy atom. The topological polar surface area (TPSA) is 111 Å². The largest absolute Gasteiger partial charge is 0.388 e. The normalized spacial score (nSPS) is 40.3. The average Bonchev–Trinajstić information content (AvgIpc) is 3.49. The van der Waals surface area contributed by atoms with Crippen LogP contribution in [0.5, 0.6) is 0 Å². The van der Waals surface area contributed by atoms with E-state index in [0.29, 0.717) is 5.92 Å². The van der Waals surface area contributed by atoms with E-state index in [1.54, 1.807) is 6.26 Å². The molecule has 2 aliphatic heterocycles. The molecule has 7 nitrogen and oxygen atoms in total. The standard InChI is InChI=1S/C20H36N2O5S/c1-10(2)14(18-16(24)15(23)17(25)20(27-18)28-3)22-19(26)13-9-12(6-7-21-13)8-11-4-5-11/h10-18,20-21,23-25H,4-9H2,1-3H3,(H,22,26). The smallest absolute Gasteiger partial charge is 0.237 e. The van der Waals surface area contributed by atoms with Gasteiger partial charge in [0, 0.05) is 0 Å². The lowest BCUT2D eigenvalue weighted by molar-refractivity contribution is -0.208. The van der Waals surface area contributed by atoms with E-state index in [0.717, 1.165) is 25.3 Å². The lowest BCUT2D eigenvalue weighted by atomic mass is 9.86. The Balaban J connectivity index is 1.63. The Morgan fingerprint density at radius 1 is 1.14 bits per heavy atom. The molecule has 162 valence electrons. The monoisotopic (exact) mass is 416 g/mol. The first-order valence-corrected chi connectivity index (χ1v) is 11.9. The molecule has 1 amide bonds. The summed E-state index contributed by atoms with van der Waals surface area (Å²) >= 11 is 1.28. The van der Waals surface area contributed by atoms with Gasteiger partial charge in [0.2, 0.25) is 5.91 Å². The second-order valence-electron chi connectivity index (χ2n) is 9.03. The van der Waals surface area contributed by atoms with Crippen molar-refractivity contribution >= 4 is 17.7 Å². The number of nitrogens with one attached hydrogen (secondary N) is 2. The van der Waals surface area contributed by atoms with Gasteiger partial charge in [0.15, 0.2) is 0 Å². The molecule has 0 aromatic carbocycles. The summed E-state index contributed by atoms with van der Waals surface area (Å²) in [5.41, 5.74) is -0.641. The minimum absolute atomic E-state index is 0.000555. The molecule has 3 rings (SSSR count). The minimum atomic E-state index is -1.30. The molecule has 0 aromatic rings. The number of aliphatic hydroxyl groups excluding tert-OH is 3. The highest BCUT2D eigenvalue weighted by molar-refractivity contribution is 7.99. The summed E-state index contributed by atoms with van der Waals surface area (Å²) < 4.78 is 5.89. The zero-order chi connectivity index (χ0) is 20.4. The summed E-state index contributed by atoms with van der Waals surface area (Å²) in [6.45, 7) is 4.76. The highest BCUT2D eigenvalue weighted by Gasteiger charge is 2.47. The summed E-state index contributed by atoms with van der Waals surface area (Å²) in [4.78, 5) is 13.0. The van der Waals surface area contributed by atoms with Crippen LogP contribution in [0, 0.1) is 17.8 Å². The molecule has 1 aliphatic carbocycles. The number of amides is 1. The SMILES string of the molecule is CSC1OC(C(NC(=O)C2CC(CC3CC3)CCN2)C(C)C)C(O)C(O)C1O. The third-order valence-electron chi connectivity index (χ3n) is 6.41. The fourth-order valence-corrected chi connectivity index (χ4v) is 5.17. The Kier molecular flexibility index (Phi) is 7.66. The fraction of sp³-hybridized carbons (Fsp3) is 0.950. The predicted octanol–water partition coefficient (Wildman–Crippen LogP) is 0.466. The number of aliphatic hydroxyl groups is 3. The van der Waals surface area contributed by atoms with Gasteiger partial charge in [-0.15, -0.1) is 11.8 Å². The van der Waals surface area contributed by atoms with Gasteiger partial charge in [-0.1, -0.05) is 26.7 Å². The third kappa shape index (κ3) is 5.21. The molecule has 28 heavy (non-hydrogen) atoms. The predicted molar refractivity (Wildman–Crippen MR) is 109 cm³/mol. The van der Waals surface area contributed by atoms with Crippen LogP contribution in [0.4, 0.5) is 0 Å². The molecule has 3 aliphatic rings. The van der Waals surface area contributed by atoms with Crippen molar-refractivity contribution in [1.29, 1.82) is 0 Å². The number of ether oxygens (including phenoxy) is 1. The van der Waals surface area contributed by atoms with Crippen LogP contribution in [0.2, 0.25) is 0 Å². The van der Waals surface area contributed by atoms with Gasteiger partial charge in [0.05, 0.1) is 12.1 Å². The Labute approximate surface area is 172 Å². The van der Waals surface area contributed by atoms with Crippen LogP contribution in [0.25, 0.3) is 0 Å². The number of carbonyl (C=O) groups is 1. The molecule has 3 fully saturated rings. The second kappa shape index (κ2) is 9.62. The first kappa shape index (κ1) is 22.3. The van der Waals surface area contributed by atoms with Gasteiger partial charge in [0.25, 0.3) is 0 Å². The van der Waals surface area contributed by atoms with Crippen molar-refractivity contribution in [1.82, 2.24) is 10.6 Å². The lowest BCUT2D eigenvalue weighted by Crippen LogP contribution is -2.65. The number of piperidine rings is 1. The summed E-state index contributed by atoms with van der Waals surface area (Å²) in [5.74, 6) is 1.38. The van der Waals surface area contributed by atoms with E-state index in [1.165, 1.54) is 31.0 Å². The average molecular weight is 417 g/mol. The maximum atomic E-state index is 13.0. The lowest BCUT2D eigenvalue weighted by Gasteiger charge is -2.44. The molecule has 8 atom stereocenters. The van der Waals surface area contributed by atoms with Crippen LogP contribution < -0.4 is 10.6 Å². The molecule has 1 saturated carbocycles. The number of thioether (sulfide) groups is 1. The summed E-state index contributed by atoms with van der Waals surface area (Å²) in [6, 6.07) is -0.684. The van der Waals surface area contributed by atoms with Gasteiger partial charge in [-0.2, -0.15) is 0 Å². The molecule has 0 bridgehead atoms. The maximum Gasteiger partial charge on any atom is 0.237 e. The van der Waals surface area contributed by atoms with Crippen LogP contribution >= 0.6 is 11.8 Å². The Hall–Kier alpha value is -0.380. The molecule has 8 heteroatoms. The molecule has 0 spiro atoms. The number of hydrogen-bond donors (Lipinski definition) is 5. The maximum absolute atomic E-state index is 13.0. The van der Waals surface area contributed by atoms with E-state index in [4.69, 9.17) is 4.74 Å². The molecule has 0 aromatic heterocycles. The van der Waals surface area contributed by atoms with Crippen molar-refractivity contribution < 1.29 is 24.9 Å². The third-order valence-corrected chi connectivity index (χ3v) is 7.27. The minimum Gasteiger partial charge on any atom is -0.388 e. The fourth-order valence-electron chi connectivity index (χ4n) is 4.49. The van der Waals surface area contributed by atoms with Crippen molar-refractivity contribution in [2.24, 2.45) is 17.8 Å². The van der Waals surface area contributed by atoms with Crippen molar-refractivity contribution in [3.05, 3.63) is 0 Å². The zero-order valence-electron chi connectivity index (χ0n) is 17.1. The molecule has 5 N–H and O–H groups in total. The van der Waals surface area contributed by atoms with Crippen LogP contribution in [-0.4, -0.2) is 76.0 Å². The number of rotatable bonds is 7. The summed E-state index contributed by atoms with van der Waals surface area (Å²) in [5, 5.41) is 37.2. The van der Waals surface area contributed by atoms with E-state index in [1.807, 2.05) is 13.8 Å². The zero-order valence-corrected chi connectivity index (χ0v) is 17.9. The van der Waals surface area contributed by atoms with E-state index in [2.05, 4.69) is 10.6 Å². The van der Waals surface area contributed by atoms with Crippen LogP contribution in [0.15, 0.2) is 0 Å². The molecular formula is C20H36N2O5S. The number of hydrogen-bond acceptors (Lipinski definition) is 7. The molecular weight excluding hydrogens is 380 g/mol. The van der Waals surface area contributed by atoms with Crippen LogP contribution in [-0.2, 0) is 9.53 Å². The van der Waals surface area contributed by atoms with E-state index in [9.17, 15) is 20.1 Å². The highest BCUT2D eigenvalue weighted by atomic mass is 32.2. The Bertz CT molecular complexity index is 531. The van der Waals surface area contributed by atoms with E-state index in [-0.39, 0.29) is 17.9 Å². The van der Waals surface area contributed by atoms with E-state index < -0.39 is 35.9 Å². The van der Waals surface area contributed by atoms with Gasteiger partial charge in [0.1, 0.15) is 29.9 Å². The number of carbonyl (C=O) groups excluding carboxylic acids is 1. The van der Waals surface area contributed by atoms with Gasteiger partial charge >= 0.3 is 0 Å². The first-order chi connectivity index (χ1) is 13.3. The van der Waals surface area contributed by atoms with E-state index >= 15 is 0 Å². The highest BCUT2D eigenvalue weighted by Crippen LogP contribution is 2.38. The van der Waals surface area contributed by atoms with Crippen molar-refractivity contribution in [2.75, 3.05) is 12.8 Å². The van der Waals surface area contributed by atoms with Gasteiger partial charge < -0.3 is 30.7 Å². The molecule has 8 unspecified atom stereocenters. The summed E-state index contributed by atoms with van der Waals surface area (Å²) in [6.07, 6.45) is 3.15. The van der Waals surface area contributed by atoms with Gasteiger partial charge in [-0.3, -0.25) is 4.79 Å². The summed E-state index contributed by atoms with van der Waals surface area (Å²) in [7, 11) is 0. The van der Waals surface area contributed by atoms with Crippen LogP contribution in [0.3, 0.4) is 0 Å². The van der Waals surface area contributed by atoms with Gasteiger partial charge in [-0.25, -0.2) is 0 Å². The van der Waals surface area contributed by atoms with Crippen LogP contribution in [0.1, 0.15) is 46.0 Å². The quantitative estimate of drug-likeness (QED) is 0.410. The first-order valence-electron chi connectivity index (χ1n) is 10.6. The van der Waals surface area contributed by atoms with Crippen molar-refractivity contribution in [3.63, 3.8) is 0 Å². The molecule has 0 radical (unpaired) electrons. The Morgan fingerprint density at radius 2 is 1.86 bits per heavy atom.